The Morgan fingerprint density at radius 1 is 0.500 bits per heavy atom. The summed E-state index contributed by atoms with van der Waals surface area (Å²) in [5, 5.41) is 7.02. The number of aryl methyl sites for hydroxylation is 2. The van der Waals surface area contributed by atoms with Gasteiger partial charge in [0.15, 0.2) is 0 Å². The molecule has 0 N–H and O–H groups in total. The van der Waals surface area contributed by atoms with Gasteiger partial charge in [-0.1, -0.05) is 130 Å². The van der Waals surface area contributed by atoms with Crippen molar-refractivity contribution in [3.63, 3.8) is 0 Å². The first-order valence-electron chi connectivity index (χ1n) is 23.0. The smallest absolute Gasteiger partial charge is 0.334 e. The summed E-state index contributed by atoms with van der Waals surface area (Å²) in [6, 6.07) is 60.8. The fourth-order valence-electron chi connectivity index (χ4n) is 10.8. The molecule has 5 heterocycles. The van der Waals surface area contributed by atoms with E-state index in [-0.39, 0.29) is 6.85 Å². The lowest BCUT2D eigenvalue weighted by Crippen LogP contribution is -2.61. The average Bonchev–Trinajstić information content (AvgIpc) is 4.04. The lowest BCUT2D eigenvalue weighted by molar-refractivity contribution is 0.669. The number of nitrogens with zero attached hydrogens (tertiary/aromatic N) is 2. The van der Waals surface area contributed by atoms with Crippen LogP contribution in [0.4, 0.5) is 27.8 Å². The summed E-state index contributed by atoms with van der Waals surface area (Å²) < 4.78 is 15.0. The minimum Gasteiger partial charge on any atom is -0.456 e. The van der Waals surface area contributed by atoms with Gasteiger partial charge in [-0.3, -0.25) is 0 Å². The number of thiophene rings is 1. The molecule has 2 aliphatic heterocycles. The predicted octanol–water partition coefficient (Wildman–Crippen LogP) is 15.8. The summed E-state index contributed by atoms with van der Waals surface area (Å²) in [5.74, 6) is 0. The Balaban J connectivity index is 1.20. The summed E-state index contributed by atoms with van der Waals surface area (Å²) in [5.41, 5.74) is 18.4. The van der Waals surface area contributed by atoms with Gasteiger partial charge in [-0.25, -0.2) is 0 Å². The van der Waals surface area contributed by atoms with E-state index < -0.39 is 0 Å². The molecule has 8 aromatic carbocycles. The van der Waals surface area contributed by atoms with E-state index in [0.717, 1.165) is 80.9 Å². The maximum Gasteiger partial charge on any atom is 0.334 e. The Morgan fingerprint density at radius 3 is 1.97 bits per heavy atom. The molecular formula is C58H45BN2O2S. The van der Waals surface area contributed by atoms with Gasteiger partial charge >= 0.3 is 6.85 Å². The monoisotopic (exact) mass is 844 g/mol. The Labute approximate surface area is 377 Å². The molecule has 0 radical (unpaired) electrons. The lowest BCUT2D eigenvalue weighted by Gasteiger charge is -2.45. The van der Waals surface area contributed by atoms with Crippen LogP contribution in [0.5, 0.6) is 0 Å². The largest absolute Gasteiger partial charge is 0.456 e. The van der Waals surface area contributed by atoms with E-state index in [1.165, 1.54) is 83.6 Å². The third-order valence-corrected chi connectivity index (χ3v) is 15.0. The molecule has 0 unspecified atom stereocenters. The number of para-hydroxylation sites is 2. The molecule has 11 aromatic rings. The third kappa shape index (κ3) is 5.61. The zero-order valence-corrected chi connectivity index (χ0v) is 36.8. The van der Waals surface area contributed by atoms with Crippen molar-refractivity contribution < 1.29 is 8.83 Å². The van der Waals surface area contributed by atoms with Crippen LogP contribution < -0.4 is 20.6 Å². The maximum atomic E-state index is 6.99. The van der Waals surface area contributed by atoms with Crippen molar-refractivity contribution in [2.75, 3.05) is 9.71 Å². The second-order valence-electron chi connectivity index (χ2n) is 17.6. The molecule has 6 heteroatoms. The van der Waals surface area contributed by atoms with Crippen LogP contribution in [0.3, 0.4) is 0 Å². The van der Waals surface area contributed by atoms with Crippen molar-refractivity contribution in [2.45, 2.75) is 52.4 Å². The Kier molecular flexibility index (Phi) is 8.67. The number of rotatable bonds is 9. The Morgan fingerprint density at radius 2 is 1.17 bits per heavy atom. The fraction of sp³-hybridized carbons (Fsp3) is 0.138. The van der Waals surface area contributed by atoms with Crippen molar-refractivity contribution >= 4 is 111 Å². The normalized spacial score (nSPS) is 13.1. The van der Waals surface area contributed by atoms with Crippen molar-refractivity contribution in [1.82, 2.24) is 0 Å². The number of hydrogen-bond donors (Lipinski definition) is 0. The first-order chi connectivity index (χ1) is 31.7. The van der Waals surface area contributed by atoms with Crippen LogP contribution in [0.1, 0.15) is 50.7 Å². The van der Waals surface area contributed by atoms with Gasteiger partial charge in [0.2, 0.25) is 0 Å². The van der Waals surface area contributed by atoms with E-state index in [1.807, 2.05) is 11.3 Å². The number of furan rings is 2. The summed E-state index contributed by atoms with van der Waals surface area (Å²) in [6.07, 6.45) is 6.78. The van der Waals surface area contributed by atoms with Crippen molar-refractivity contribution in [3.8, 4) is 22.3 Å². The van der Waals surface area contributed by atoms with Crippen LogP contribution in [0.2, 0.25) is 0 Å². The molecule has 0 aliphatic carbocycles. The number of hydrogen-bond acceptors (Lipinski definition) is 5. The van der Waals surface area contributed by atoms with Crippen LogP contribution in [0.15, 0.2) is 173 Å². The predicted molar refractivity (Wildman–Crippen MR) is 273 cm³/mol. The van der Waals surface area contributed by atoms with E-state index in [0.29, 0.717) is 0 Å². The second kappa shape index (κ2) is 14.8. The summed E-state index contributed by atoms with van der Waals surface area (Å²) >= 11 is 1.90. The highest BCUT2D eigenvalue weighted by molar-refractivity contribution is 7.26. The first kappa shape index (κ1) is 37.5. The molecule has 308 valence electrons. The third-order valence-electron chi connectivity index (χ3n) is 13.8. The molecule has 0 saturated carbocycles. The molecule has 0 spiro atoms. The zero-order chi connectivity index (χ0) is 42.5. The number of unbranched alkanes of at least 4 members (excludes halogenated alkanes) is 2. The molecule has 0 bridgehead atoms. The second-order valence-corrected chi connectivity index (χ2v) is 18.7. The lowest BCUT2D eigenvalue weighted by atomic mass is 9.43. The number of fused-ring (bicyclic) bond motifs is 13. The van der Waals surface area contributed by atoms with Gasteiger partial charge in [-0.2, -0.15) is 0 Å². The van der Waals surface area contributed by atoms with Gasteiger partial charge in [-0.05, 0) is 119 Å². The molecule has 0 fully saturated rings. The van der Waals surface area contributed by atoms with Crippen LogP contribution in [-0.2, 0) is 12.8 Å². The molecular weight excluding hydrogens is 800 g/mol. The number of anilines is 5. The van der Waals surface area contributed by atoms with Gasteiger partial charge in [-0.15, -0.1) is 11.3 Å². The van der Waals surface area contributed by atoms with Gasteiger partial charge in [0.1, 0.15) is 22.3 Å². The van der Waals surface area contributed by atoms with Gasteiger partial charge in [0, 0.05) is 49.4 Å². The fourth-order valence-corrected chi connectivity index (χ4v) is 12.1. The van der Waals surface area contributed by atoms with E-state index in [4.69, 9.17) is 8.83 Å². The Hall–Kier alpha value is -7.02. The Bertz CT molecular complexity index is 3620. The van der Waals surface area contributed by atoms with Crippen LogP contribution in [0, 0.1) is 0 Å². The standard InChI is InChI=1S/C58H45BN2O2S/c1-3-5-16-36-26-29-39(30-27-36)61-48-35-51-45(40-20-10-13-23-49(40)62-51)33-44(48)46-34-52-54(41-21-11-14-24-50(41)63-52)57-55(46)59(61)56-42-22-12-15-25-53(42)64-58(56)60(57)47-31-28-37(17-6-4-2)32-43(47)38-18-8-7-9-19-38/h7-15,18-35H,3-6,16-17H2,1-2H3. The average molecular weight is 845 g/mol. The quantitative estimate of drug-likeness (QED) is 0.136. The molecule has 3 aromatic heterocycles. The minimum absolute atomic E-state index is 0.162. The van der Waals surface area contributed by atoms with Crippen LogP contribution >= 0.6 is 11.3 Å². The SMILES string of the molecule is CCCCc1ccc(N2B3c4c(cc5oc6ccccc6c5c4N(c4ccc(CCCC)cc4-c4ccccc4)c4sc5ccccc5c43)-c3cc4c(cc32)oc2ccccc24)cc1. The highest BCUT2D eigenvalue weighted by Crippen LogP contribution is 2.55. The number of benzene rings is 8. The molecule has 0 atom stereocenters. The minimum atomic E-state index is -0.162. The highest BCUT2D eigenvalue weighted by Gasteiger charge is 2.48. The molecule has 0 amide bonds. The first-order valence-corrected chi connectivity index (χ1v) is 23.8. The summed E-state index contributed by atoms with van der Waals surface area (Å²) in [7, 11) is 0. The van der Waals surface area contributed by atoms with Gasteiger partial charge < -0.3 is 18.5 Å². The maximum absolute atomic E-state index is 6.99. The topological polar surface area (TPSA) is 32.8 Å². The van der Waals surface area contributed by atoms with Crippen molar-refractivity contribution in [2.24, 2.45) is 0 Å². The highest BCUT2D eigenvalue weighted by atomic mass is 32.1. The van der Waals surface area contributed by atoms with E-state index in [9.17, 15) is 0 Å². The molecule has 64 heavy (non-hydrogen) atoms. The van der Waals surface area contributed by atoms with Gasteiger partial charge in [0.05, 0.1) is 21.8 Å². The van der Waals surface area contributed by atoms with E-state index in [1.54, 1.807) is 0 Å². The van der Waals surface area contributed by atoms with E-state index in [2.05, 4.69) is 187 Å². The molecule has 13 rings (SSSR count). The molecule has 0 saturated heterocycles. The summed E-state index contributed by atoms with van der Waals surface area (Å²) in [4.78, 5) is 5.27. The zero-order valence-electron chi connectivity index (χ0n) is 36.0. The van der Waals surface area contributed by atoms with Crippen LogP contribution in [0.25, 0.3) is 76.2 Å². The van der Waals surface area contributed by atoms with E-state index >= 15 is 0 Å². The van der Waals surface area contributed by atoms with Crippen molar-refractivity contribution in [3.05, 3.63) is 175 Å². The summed E-state index contributed by atoms with van der Waals surface area (Å²) in [6.45, 7) is 4.39. The van der Waals surface area contributed by atoms with Crippen LogP contribution in [-0.4, -0.2) is 6.85 Å². The molecule has 2 aliphatic rings. The van der Waals surface area contributed by atoms with Gasteiger partial charge in [0.25, 0.3) is 0 Å². The van der Waals surface area contributed by atoms with Crippen molar-refractivity contribution in [1.29, 1.82) is 0 Å². The molecule has 4 nitrogen and oxygen atoms in total.